The number of nitrogens with zero attached hydrogens (tertiary/aromatic N) is 3. The monoisotopic (exact) mass is 351 g/mol. The Labute approximate surface area is 153 Å². The number of guanidine groups is 1. The zero-order chi connectivity index (χ0) is 17.5. The van der Waals surface area contributed by atoms with Gasteiger partial charge >= 0.3 is 0 Å². The van der Waals surface area contributed by atoms with Gasteiger partial charge in [-0.3, -0.25) is 14.8 Å². The van der Waals surface area contributed by atoms with E-state index >= 15 is 0 Å². The van der Waals surface area contributed by atoms with Gasteiger partial charge in [0, 0.05) is 45.3 Å². The second-order valence-electron chi connectivity index (χ2n) is 7.72. The zero-order valence-electron chi connectivity index (χ0n) is 16.2. The van der Waals surface area contributed by atoms with Crippen LogP contribution in [-0.4, -0.2) is 86.9 Å². The third-order valence-corrected chi connectivity index (χ3v) is 6.09. The van der Waals surface area contributed by atoms with Crippen molar-refractivity contribution in [2.45, 2.75) is 63.6 Å². The minimum absolute atomic E-state index is 0.277. The van der Waals surface area contributed by atoms with E-state index in [1.807, 2.05) is 7.05 Å². The Kier molecular flexibility index (Phi) is 7.37. The van der Waals surface area contributed by atoms with Gasteiger partial charge in [0.1, 0.15) is 0 Å². The van der Waals surface area contributed by atoms with Crippen LogP contribution in [0.25, 0.3) is 0 Å². The summed E-state index contributed by atoms with van der Waals surface area (Å²) in [5.41, 5.74) is 0. The standard InChI is InChI=1S/C19H37N5O/c1-3-16-7-4-5-10-23(16)12-9-21-19(20-2)22-13-18-14-24-11-6-8-17(24)15-25-18/h16-18H,3-15H2,1-2H3,(H2,20,21,22). The predicted molar refractivity (Wildman–Crippen MR) is 103 cm³/mol. The molecule has 6 heteroatoms. The van der Waals surface area contributed by atoms with Crippen LogP contribution in [0.15, 0.2) is 4.99 Å². The molecule has 0 aromatic rings. The van der Waals surface area contributed by atoms with Gasteiger partial charge in [-0.05, 0) is 45.2 Å². The molecule has 25 heavy (non-hydrogen) atoms. The molecule has 3 aliphatic heterocycles. The fourth-order valence-corrected chi connectivity index (χ4v) is 4.57. The number of ether oxygens (including phenoxy) is 1. The first-order valence-electron chi connectivity index (χ1n) is 10.3. The Morgan fingerprint density at radius 1 is 1.16 bits per heavy atom. The molecule has 3 aliphatic rings. The molecule has 0 bridgehead atoms. The van der Waals surface area contributed by atoms with Gasteiger partial charge < -0.3 is 15.4 Å². The Bertz CT molecular complexity index is 430. The zero-order valence-corrected chi connectivity index (χ0v) is 16.2. The van der Waals surface area contributed by atoms with Crippen molar-refractivity contribution in [1.29, 1.82) is 0 Å². The summed E-state index contributed by atoms with van der Waals surface area (Å²) in [5, 5.41) is 6.93. The topological polar surface area (TPSA) is 52.1 Å². The van der Waals surface area contributed by atoms with Gasteiger partial charge in [-0.1, -0.05) is 13.3 Å². The molecule has 144 valence electrons. The fourth-order valence-electron chi connectivity index (χ4n) is 4.57. The lowest BCUT2D eigenvalue weighted by Crippen LogP contribution is -2.52. The Morgan fingerprint density at radius 3 is 2.92 bits per heavy atom. The van der Waals surface area contributed by atoms with Gasteiger partial charge in [0.05, 0.1) is 12.7 Å². The van der Waals surface area contributed by atoms with Crippen LogP contribution in [0.5, 0.6) is 0 Å². The Hall–Kier alpha value is -0.850. The minimum Gasteiger partial charge on any atom is -0.373 e. The Morgan fingerprint density at radius 2 is 2.08 bits per heavy atom. The molecule has 0 aromatic heterocycles. The first kappa shape index (κ1) is 18.9. The number of rotatable bonds is 6. The summed E-state index contributed by atoms with van der Waals surface area (Å²) in [6.07, 6.45) is 8.28. The van der Waals surface area contributed by atoms with E-state index in [2.05, 4.69) is 32.3 Å². The number of morpholine rings is 1. The summed E-state index contributed by atoms with van der Waals surface area (Å²) >= 11 is 0. The minimum atomic E-state index is 0.277. The molecule has 3 atom stereocenters. The molecule has 3 rings (SSSR count). The maximum absolute atomic E-state index is 6.02. The highest BCUT2D eigenvalue weighted by Gasteiger charge is 2.32. The van der Waals surface area contributed by atoms with Crippen LogP contribution in [0.4, 0.5) is 0 Å². The molecule has 0 amide bonds. The highest BCUT2D eigenvalue weighted by molar-refractivity contribution is 5.79. The molecular weight excluding hydrogens is 314 g/mol. The van der Waals surface area contributed by atoms with Crippen LogP contribution in [0.2, 0.25) is 0 Å². The van der Waals surface area contributed by atoms with E-state index in [0.29, 0.717) is 6.04 Å². The number of piperidine rings is 1. The second-order valence-corrected chi connectivity index (χ2v) is 7.72. The molecular formula is C19H37N5O. The van der Waals surface area contributed by atoms with Crippen LogP contribution >= 0.6 is 0 Å². The highest BCUT2D eigenvalue weighted by atomic mass is 16.5. The predicted octanol–water partition coefficient (Wildman–Crippen LogP) is 1.28. The van der Waals surface area contributed by atoms with E-state index in [-0.39, 0.29) is 6.10 Å². The SMILES string of the molecule is CCC1CCCCN1CCNC(=NC)NCC1CN2CCCC2CO1. The van der Waals surface area contributed by atoms with Crippen LogP contribution in [-0.2, 0) is 4.74 Å². The van der Waals surface area contributed by atoms with Gasteiger partial charge in [-0.2, -0.15) is 0 Å². The van der Waals surface area contributed by atoms with Crippen LogP contribution in [0.1, 0.15) is 45.4 Å². The molecule has 3 fully saturated rings. The number of aliphatic imine (C=N–C) groups is 1. The average Bonchev–Trinajstić information content (AvgIpc) is 3.12. The summed E-state index contributed by atoms with van der Waals surface area (Å²) in [7, 11) is 1.85. The fraction of sp³-hybridized carbons (Fsp3) is 0.947. The second kappa shape index (κ2) is 9.74. The van der Waals surface area contributed by atoms with Crippen molar-refractivity contribution >= 4 is 5.96 Å². The van der Waals surface area contributed by atoms with Crippen molar-refractivity contribution in [2.24, 2.45) is 4.99 Å². The molecule has 0 aliphatic carbocycles. The first-order valence-corrected chi connectivity index (χ1v) is 10.3. The number of fused-ring (bicyclic) bond motifs is 1. The molecule has 0 radical (unpaired) electrons. The van der Waals surface area contributed by atoms with E-state index in [9.17, 15) is 0 Å². The van der Waals surface area contributed by atoms with E-state index in [1.54, 1.807) is 0 Å². The smallest absolute Gasteiger partial charge is 0.191 e. The third kappa shape index (κ3) is 5.31. The van der Waals surface area contributed by atoms with Crippen LogP contribution in [0, 0.1) is 0 Å². The number of hydrogen-bond acceptors (Lipinski definition) is 4. The lowest BCUT2D eigenvalue weighted by molar-refractivity contribution is -0.0453. The maximum atomic E-state index is 6.02. The van der Waals surface area contributed by atoms with E-state index < -0.39 is 0 Å². The number of nitrogens with one attached hydrogen (secondary N) is 2. The van der Waals surface area contributed by atoms with Crippen molar-refractivity contribution < 1.29 is 4.74 Å². The van der Waals surface area contributed by atoms with Crippen LogP contribution in [0.3, 0.4) is 0 Å². The van der Waals surface area contributed by atoms with Crippen molar-refractivity contribution in [3.63, 3.8) is 0 Å². The molecule has 0 saturated carbocycles. The maximum Gasteiger partial charge on any atom is 0.191 e. The quantitative estimate of drug-likeness (QED) is 0.558. The highest BCUT2D eigenvalue weighted by Crippen LogP contribution is 2.22. The lowest BCUT2D eigenvalue weighted by Gasteiger charge is -2.36. The van der Waals surface area contributed by atoms with Gasteiger partial charge in [0.15, 0.2) is 5.96 Å². The molecule has 6 nitrogen and oxygen atoms in total. The summed E-state index contributed by atoms with van der Waals surface area (Å²) in [6, 6.07) is 1.44. The Balaban J connectivity index is 1.34. The largest absolute Gasteiger partial charge is 0.373 e. The van der Waals surface area contributed by atoms with Crippen molar-refractivity contribution in [1.82, 2.24) is 20.4 Å². The molecule has 3 saturated heterocycles. The third-order valence-electron chi connectivity index (χ3n) is 6.09. The van der Waals surface area contributed by atoms with E-state index in [4.69, 9.17) is 4.74 Å². The van der Waals surface area contributed by atoms with E-state index in [1.165, 1.54) is 51.6 Å². The molecule has 0 spiro atoms. The molecule has 3 heterocycles. The van der Waals surface area contributed by atoms with Crippen molar-refractivity contribution in [3.8, 4) is 0 Å². The van der Waals surface area contributed by atoms with Crippen molar-refractivity contribution in [3.05, 3.63) is 0 Å². The normalized spacial score (nSPS) is 31.8. The lowest BCUT2D eigenvalue weighted by atomic mass is 10.0. The van der Waals surface area contributed by atoms with Gasteiger partial charge in [0.25, 0.3) is 0 Å². The van der Waals surface area contributed by atoms with Gasteiger partial charge in [0.2, 0.25) is 0 Å². The summed E-state index contributed by atoms with van der Waals surface area (Å²) in [6.45, 7) is 9.65. The molecule has 2 N–H and O–H groups in total. The summed E-state index contributed by atoms with van der Waals surface area (Å²) in [5.74, 6) is 0.900. The van der Waals surface area contributed by atoms with Crippen molar-refractivity contribution in [2.75, 3.05) is 52.9 Å². The molecule has 0 aromatic carbocycles. The number of likely N-dealkylation sites (tertiary alicyclic amines) is 1. The van der Waals surface area contributed by atoms with Gasteiger partial charge in [-0.15, -0.1) is 0 Å². The first-order chi connectivity index (χ1) is 12.3. The number of hydrogen-bond donors (Lipinski definition) is 2. The molecule has 3 unspecified atom stereocenters. The van der Waals surface area contributed by atoms with Gasteiger partial charge in [-0.25, -0.2) is 0 Å². The summed E-state index contributed by atoms with van der Waals surface area (Å²) < 4.78 is 6.02. The summed E-state index contributed by atoms with van der Waals surface area (Å²) in [4.78, 5) is 9.60. The van der Waals surface area contributed by atoms with E-state index in [0.717, 1.165) is 44.8 Å². The average molecular weight is 352 g/mol. The van der Waals surface area contributed by atoms with Crippen LogP contribution < -0.4 is 10.6 Å².